The summed E-state index contributed by atoms with van der Waals surface area (Å²) in [6.07, 6.45) is 8.00. The quantitative estimate of drug-likeness (QED) is 0.0501. The van der Waals surface area contributed by atoms with Gasteiger partial charge in [0.05, 0.1) is 28.3 Å². The van der Waals surface area contributed by atoms with Crippen LogP contribution in [-0.4, -0.2) is 23.9 Å². The molecule has 1 aliphatic rings. The first-order valence-electron chi connectivity index (χ1n) is 14.9. The second kappa shape index (κ2) is 14.7. The van der Waals surface area contributed by atoms with Crippen LogP contribution in [-0.2, 0) is 14.5 Å². The van der Waals surface area contributed by atoms with E-state index in [1.165, 1.54) is 17.7 Å². The summed E-state index contributed by atoms with van der Waals surface area (Å²) in [5.74, 6) is 0. The van der Waals surface area contributed by atoms with Crippen LogP contribution < -0.4 is 10.6 Å². The molecule has 0 aromatic heterocycles. The Bertz CT molecular complexity index is 2160. The highest BCUT2D eigenvalue weighted by Crippen LogP contribution is 2.33. The first kappa shape index (κ1) is 32.7. The van der Waals surface area contributed by atoms with Gasteiger partial charge in [-0.3, -0.25) is 4.55 Å². The molecule has 4 N–H and O–H groups in total. The topological polar surface area (TPSA) is 120 Å². The SMILES string of the molecule is Cc1cccc(Nc2ccc(C(=C3C=CC(=Nc4cccc(SOO)c4)C=C3)c3ccc(Nc4cccc(S(=O)(=O)O)c4)cc3)cc2)c1. The number of nitrogens with one attached hydrogen (secondary N) is 2. The maximum Gasteiger partial charge on any atom is 0.294 e. The third-order valence-corrected chi connectivity index (χ3v) is 8.81. The van der Waals surface area contributed by atoms with Gasteiger partial charge in [-0.2, -0.15) is 12.8 Å². The van der Waals surface area contributed by atoms with Crippen molar-refractivity contribution in [2.75, 3.05) is 10.6 Å². The van der Waals surface area contributed by atoms with Crippen LogP contribution in [0.4, 0.5) is 28.4 Å². The Balaban J connectivity index is 1.31. The number of rotatable bonds is 10. The number of benzene rings is 5. The molecule has 240 valence electrons. The van der Waals surface area contributed by atoms with E-state index in [1.54, 1.807) is 12.1 Å². The molecule has 0 unspecified atom stereocenters. The molecule has 6 rings (SSSR count). The first-order valence-corrected chi connectivity index (χ1v) is 17.1. The summed E-state index contributed by atoms with van der Waals surface area (Å²) in [5, 5.41) is 15.5. The molecule has 0 atom stereocenters. The molecule has 0 bridgehead atoms. The second-order valence-electron chi connectivity index (χ2n) is 11.0. The summed E-state index contributed by atoms with van der Waals surface area (Å²) >= 11 is 0.855. The summed E-state index contributed by atoms with van der Waals surface area (Å²) in [4.78, 5) is 5.28. The minimum atomic E-state index is -4.31. The maximum absolute atomic E-state index is 11.6. The highest BCUT2D eigenvalue weighted by Gasteiger charge is 2.13. The summed E-state index contributed by atoms with van der Waals surface area (Å²) in [7, 11) is -4.31. The van der Waals surface area contributed by atoms with Gasteiger partial charge in [-0.05, 0) is 120 Å². The van der Waals surface area contributed by atoms with Crippen molar-refractivity contribution >= 4 is 61.9 Å². The van der Waals surface area contributed by atoms with Crippen molar-refractivity contribution < 1.29 is 22.6 Å². The van der Waals surface area contributed by atoms with Crippen LogP contribution >= 0.6 is 12.0 Å². The standard InChI is InChI=1S/C38H31N3O5S2/c1-26-5-2-6-33(23-26)39-30-17-11-27(12-18-30)38(28-13-19-31(20-14-28)40-34-7-3-9-36(24-34)47-46-42)29-15-21-32(22-16-29)41-35-8-4-10-37(25-35)48(43,44)45/h2-25,39,41-42H,1H3,(H,43,44,45). The van der Waals surface area contributed by atoms with Gasteiger partial charge in [0.15, 0.2) is 0 Å². The molecular formula is C38H31N3O5S2. The van der Waals surface area contributed by atoms with Gasteiger partial charge in [0.2, 0.25) is 0 Å². The lowest BCUT2D eigenvalue weighted by atomic mass is 9.90. The lowest BCUT2D eigenvalue weighted by Gasteiger charge is -2.16. The van der Waals surface area contributed by atoms with Crippen LogP contribution in [0, 0.1) is 6.92 Å². The van der Waals surface area contributed by atoms with Gasteiger partial charge < -0.3 is 10.6 Å². The Morgan fingerprint density at radius 3 is 1.85 bits per heavy atom. The number of aliphatic imine (C=N–C) groups is 1. The minimum Gasteiger partial charge on any atom is -0.356 e. The molecule has 0 aliphatic heterocycles. The van der Waals surface area contributed by atoms with E-state index >= 15 is 0 Å². The molecule has 1 aliphatic carbocycles. The number of allylic oxidation sites excluding steroid dienone is 5. The summed E-state index contributed by atoms with van der Waals surface area (Å²) in [5.41, 5.74) is 9.96. The number of hydrogen-bond acceptors (Lipinski definition) is 8. The molecule has 0 fully saturated rings. The fraction of sp³-hybridized carbons (Fsp3) is 0.0263. The van der Waals surface area contributed by atoms with E-state index in [9.17, 15) is 13.0 Å². The fourth-order valence-corrected chi connectivity index (χ4v) is 6.15. The van der Waals surface area contributed by atoms with Gasteiger partial charge in [-0.1, -0.05) is 60.7 Å². The Morgan fingerprint density at radius 2 is 1.27 bits per heavy atom. The summed E-state index contributed by atoms with van der Waals surface area (Å²) in [6, 6.07) is 37.8. The van der Waals surface area contributed by atoms with Crippen molar-refractivity contribution in [3.63, 3.8) is 0 Å². The minimum absolute atomic E-state index is 0.180. The predicted molar refractivity (Wildman–Crippen MR) is 194 cm³/mol. The molecule has 5 aromatic carbocycles. The number of anilines is 4. The Hall–Kier alpha value is -5.23. The van der Waals surface area contributed by atoms with Crippen molar-refractivity contribution in [1.29, 1.82) is 0 Å². The van der Waals surface area contributed by atoms with Crippen LogP contribution in [0.3, 0.4) is 0 Å². The smallest absolute Gasteiger partial charge is 0.294 e. The Kier molecular flexibility index (Phi) is 10.0. The number of aryl methyl sites for hydroxylation is 1. The molecule has 0 spiro atoms. The number of hydrogen-bond donors (Lipinski definition) is 4. The van der Waals surface area contributed by atoms with Gasteiger partial charge >= 0.3 is 0 Å². The third kappa shape index (κ3) is 8.37. The Labute approximate surface area is 283 Å². The molecule has 0 saturated carbocycles. The normalized spacial score (nSPS) is 12.6. The largest absolute Gasteiger partial charge is 0.356 e. The molecule has 48 heavy (non-hydrogen) atoms. The second-order valence-corrected chi connectivity index (χ2v) is 13.2. The van der Waals surface area contributed by atoms with Crippen LogP contribution in [0.5, 0.6) is 0 Å². The van der Waals surface area contributed by atoms with Gasteiger partial charge in [0.25, 0.3) is 10.1 Å². The van der Waals surface area contributed by atoms with Crippen molar-refractivity contribution in [3.8, 4) is 0 Å². The molecule has 0 heterocycles. The van der Waals surface area contributed by atoms with Crippen LogP contribution in [0.15, 0.2) is 166 Å². The van der Waals surface area contributed by atoms with E-state index < -0.39 is 10.1 Å². The molecule has 0 radical (unpaired) electrons. The van der Waals surface area contributed by atoms with Gasteiger partial charge in [-0.15, -0.1) is 0 Å². The zero-order valence-electron chi connectivity index (χ0n) is 25.7. The average molecular weight is 674 g/mol. The lowest BCUT2D eigenvalue weighted by Crippen LogP contribution is -2.00. The van der Waals surface area contributed by atoms with E-state index in [4.69, 9.17) is 10.2 Å². The molecule has 5 aromatic rings. The van der Waals surface area contributed by atoms with E-state index in [2.05, 4.69) is 58.3 Å². The predicted octanol–water partition coefficient (Wildman–Crippen LogP) is 9.93. The van der Waals surface area contributed by atoms with Crippen LogP contribution in [0.25, 0.3) is 5.57 Å². The highest BCUT2D eigenvalue weighted by molar-refractivity contribution is 7.94. The van der Waals surface area contributed by atoms with E-state index in [1.807, 2.05) is 85.0 Å². The molecular weight excluding hydrogens is 643 g/mol. The van der Waals surface area contributed by atoms with Crippen molar-refractivity contribution in [1.82, 2.24) is 0 Å². The molecule has 10 heteroatoms. The first-order chi connectivity index (χ1) is 23.2. The zero-order chi connectivity index (χ0) is 33.5. The van der Waals surface area contributed by atoms with Gasteiger partial charge in [-0.25, -0.2) is 10.2 Å². The fourth-order valence-electron chi connectivity index (χ4n) is 5.23. The summed E-state index contributed by atoms with van der Waals surface area (Å²) < 4.78 is 36.8. The van der Waals surface area contributed by atoms with E-state index in [-0.39, 0.29) is 4.90 Å². The maximum atomic E-state index is 11.6. The van der Waals surface area contributed by atoms with E-state index in [0.717, 1.165) is 67.7 Å². The van der Waals surface area contributed by atoms with Crippen LogP contribution in [0.2, 0.25) is 0 Å². The lowest BCUT2D eigenvalue weighted by molar-refractivity contribution is -0.116. The van der Waals surface area contributed by atoms with Gasteiger partial charge in [0, 0.05) is 27.6 Å². The van der Waals surface area contributed by atoms with Crippen molar-refractivity contribution in [2.45, 2.75) is 16.7 Å². The molecule has 8 nitrogen and oxygen atoms in total. The number of nitrogens with zero attached hydrogens (tertiary/aromatic N) is 1. The summed E-state index contributed by atoms with van der Waals surface area (Å²) in [6.45, 7) is 2.06. The highest BCUT2D eigenvalue weighted by atomic mass is 32.2. The average Bonchev–Trinajstić information content (AvgIpc) is 3.07. The Morgan fingerprint density at radius 1 is 0.688 bits per heavy atom. The molecule has 0 amide bonds. The van der Waals surface area contributed by atoms with Crippen molar-refractivity contribution in [3.05, 3.63) is 168 Å². The molecule has 0 saturated heterocycles. The monoisotopic (exact) mass is 673 g/mol. The third-order valence-electron chi connectivity index (χ3n) is 7.44. The van der Waals surface area contributed by atoms with Gasteiger partial charge in [0.1, 0.15) is 0 Å². The van der Waals surface area contributed by atoms with E-state index in [0.29, 0.717) is 5.69 Å². The van der Waals surface area contributed by atoms with Crippen LogP contribution in [0.1, 0.15) is 16.7 Å². The van der Waals surface area contributed by atoms with Crippen molar-refractivity contribution in [2.24, 2.45) is 4.99 Å². The zero-order valence-corrected chi connectivity index (χ0v) is 27.4.